The zero-order valence-corrected chi connectivity index (χ0v) is 13.4. The average Bonchev–Trinajstić information content (AvgIpc) is 2.43. The first-order valence-corrected chi connectivity index (χ1v) is 8.11. The standard InChI is InChI=1S/C16H34O4/c1-16(2)8-6-4-3-5-7-10-18-12-14-20-15-13-19-11-9-17/h16-17H,3-15H2,1-2H3. The Morgan fingerprint density at radius 2 is 1.15 bits per heavy atom. The van der Waals surface area contributed by atoms with Gasteiger partial charge in [0.25, 0.3) is 0 Å². The lowest BCUT2D eigenvalue weighted by Crippen LogP contribution is -2.11. The maximum absolute atomic E-state index is 8.50. The quantitative estimate of drug-likeness (QED) is 0.444. The highest BCUT2D eigenvalue weighted by molar-refractivity contribution is 4.48. The van der Waals surface area contributed by atoms with Crippen molar-refractivity contribution in [2.75, 3.05) is 46.2 Å². The third-order valence-electron chi connectivity index (χ3n) is 3.05. The minimum absolute atomic E-state index is 0.0700. The minimum atomic E-state index is 0.0700. The van der Waals surface area contributed by atoms with Crippen LogP contribution in [0.2, 0.25) is 0 Å². The van der Waals surface area contributed by atoms with E-state index in [9.17, 15) is 0 Å². The largest absolute Gasteiger partial charge is 0.394 e. The van der Waals surface area contributed by atoms with Crippen molar-refractivity contribution in [3.8, 4) is 0 Å². The molecule has 4 nitrogen and oxygen atoms in total. The van der Waals surface area contributed by atoms with Crippen LogP contribution in [0.1, 0.15) is 52.4 Å². The van der Waals surface area contributed by atoms with Gasteiger partial charge in [-0.15, -0.1) is 0 Å². The van der Waals surface area contributed by atoms with Gasteiger partial charge in [-0.1, -0.05) is 46.0 Å². The minimum Gasteiger partial charge on any atom is -0.394 e. The molecular formula is C16H34O4. The Bertz CT molecular complexity index is 174. The fraction of sp³-hybridized carbons (Fsp3) is 1.00. The molecule has 0 atom stereocenters. The lowest BCUT2D eigenvalue weighted by molar-refractivity contribution is 0.00719. The van der Waals surface area contributed by atoms with Gasteiger partial charge in [-0.2, -0.15) is 0 Å². The van der Waals surface area contributed by atoms with E-state index < -0.39 is 0 Å². The Kier molecular flexibility index (Phi) is 16.8. The van der Waals surface area contributed by atoms with E-state index in [1.54, 1.807) is 0 Å². The fourth-order valence-electron chi connectivity index (χ4n) is 1.89. The number of aliphatic hydroxyl groups is 1. The highest BCUT2D eigenvalue weighted by Gasteiger charge is 1.95. The van der Waals surface area contributed by atoms with Crippen LogP contribution in [0.5, 0.6) is 0 Å². The van der Waals surface area contributed by atoms with Crippen molar-refractivity contribution >= 4 is 0 Å². The summed E-state index contributed by atoms with van der Waals surface area (Å²) in [6, 6.07) is 0. The molecule has 20 heavy (non-hydrogen) atoms. The van der Waals surface area contributed by atoms with E-state index in [-0.39, 0.29) is 6.61 Å². The molecule has 0 unspecified atom stereocenters. The van der Waals surface area contributed by atoms with Crippen LogP contribution in [0.4, 0.5) is 0 Å². The van der Waals surface area contributed by atoms with Gasteiger partial charge in [-0.05, 0) is 12.3 Å². The molecule has 0 saturated heterocycles. The molecule has 0 bridgehead atoms. The number of ether oxygens (including phenoxy) is 3. The molecule has 0 heterocycles. The predicted octanol–water partition coefficient (Wildman–Crippen LogP) is 3.03. The Morgan fingerprint density at radius 3 is 1.75 bits per heavy atom. The summed E-state index contributed by atoms with van der Waals surface area (Å²) >= 11 is 0. The molecule has 0 radical (unpaired) electrons. The maximum Gasteiger partial charge on any atom is 0.0701 e. The van der Waals surface area contributed by atoms with Crippen molar-refractivity contribution in [3.05, 3.63) is 0 Å². The van der Waals surface area contributed by atoms with Crippen LogP contribution >= 0.6 is 0 Å². The summed E-state index contributed by atoms with van der Waals surface area (Å²) in [6.45, 7) is 8.26. The van der Waals surface area contributed by atoms with Gasteiger partial charge in [0.05, 0.1) is 39.6 Å². The van der Waals surface area contributed by atoms with Crippen molar-refractivity contribution in [1.29, 1.82) is 0 Å². The van der Waals surface area contributed by atoms with Crippen LogP contribution in [0, 0.1) is 5.92 Å². The molecule has 122 valence electrons. The van der Waals surface area contributed by atoms with Crippen LogP contribution in [0.15, 0.2) is 0 Å². The van der Waals surface area contributed by atoms with Crippen LogP contribution in [-0.2, 0) is 14.2 Å². The molecule has 0 aromatic carbocycles. The summed E-state index contributed by atoms with van der Waals surface area (Å²) in [5.74, 6) is 0.840. The van der Waals surface area contributed by atoms with Crippen molar-refractivity contribution in [1.82, 2.24) is 0 Å². The van der Waals surface area contributed by atoms with E-state index in [1.807, 2.05) is 0 Å². The Labute approximate surface area is 124 Å². The lowest BCUT2D eigenvalue weighted by Gasteiger charge is -2.07. The number of aliphatic hydroxyl groups excluding tert-OH is 1. The number of hydrogen-bond donors (Lipinski definition) is 1. The Balaban J connectivity index is 2.92. The normalized spacial score (nSPS) is 11.4. The summed E-state index contributed by atoms with van der Waals surface area (Å²) in [4.78, 5) is 0. The maximum atomic E-state index is 8.50. The molecular weight excluding hydrogens is 256 g/mol. The smallest absolute Gasteiger partial charge is 0.0701 e. The van der Waals surface area contributed by atoms with E-state index in [0.717, 1.165) is 18.9 Å². The molecule has 0 spiro atoms. The van der Waals surface area contributed by atoms with Gasteiger partial charge in [0.15, 0.2) is 0 Å². The summed E-state index contributed by atoms with van der Waals surface area (Å²) in [5, 5.41) is 8.50. The molecule has 0 aliphatic rings. The molecule has 0 fully saturated rings. The molecule has 0 aromatic rings. The van der Waals surface area contributed by atoms with E-state index in [1.165, 1.54) is 32.1 Å². The monoisotopic (exact) mass is 290 g/mol. The molecule has 0 rings (SSSR count). The second-order valence-corrected chi connectivity index (χ2v) is 5.51. The molecule has 1 N–H and O–H groups in total. The molecule has 4 heteroatoms. The van der Waals surface area contributed by atoms with Crippen LogP contribution < -0.4 is 0 Å². The van der Waals surface area contributed by atoms with Gasteiger partial charge in [-0.3, -0.25) is 0 Å². The average molecular weight is 290 g/mol. The van der Waals surface area contributed by atoms with Crippen molar-refractivity contribution in [3.63, 3.8) is 0 Å². The van der Waals surface area contributed by atoms with Gasteiger partial charge in [0.1, 0.15) is 0 Å². The number of unbranched alkanes of at least 4 members (excludes halogenated alkanes) is 4. The van der Waals surface area contributed by atoms with Gasteiger partial charge in [0.2, 0.25) is 0 Å². The first kappa shape index (κ1) is 19.8. The summed E-state index contributed by atoms with van der Waals surface area (Å²) in [5.41, 5.74) is 0. The van der Waals surface area contributed by atoms with Gasteiger partial charge in [0, 0.05) is 6.61 Å². The fourth-order valence-corrected chi connectivity index (χ4v) is 1.89. The third-order valence-corrected chi connectivity index (χ3v) is 3.05. The zero-order valence-electron chi connectivity index (χ0n) is 13.4. The summed E-state index contributed by atoms with van der Waals surface area (Å²) in [6.07, 6.45) is 7.83. The van der Waals surface area contributed by atoms with Gasteiger partial charge < -0.3 is 19.3 Å². The second-order valence-electron chi connectivity index (χ2n) is 5.51. The highest BCUT2D eigenvalue weighted by atomic mass is 16.5. The first-order chi connectivity index (χ1) is 9.77. The second kappa shape index (κ2) is 16.9. The lowest BCUT2D eigenvalue weighted by atomic mass is 10.0. The molecule has 0 saturated carbocycles. The Morgan fingerprint density at radius 1 is 0.650 bits per heavy atom. The topological polar surface area (TPSA) is 47.9 Å². The van der Waals surface area contributed by atoms with Crippen molar-refractivity contribution < 1.29 is 19.3 Å². The number of rotatable bonds is 16. The summed E-state index contributed by atoms with van der Waals surface area (Å²) < 4.78 is 15.9. The van der Waals surface area contributed by atoms with Crippen LogP contribution in [-0.4, -0.2) is 51.4 Å². The SMILES string of the molecule is CC(C)CCCCCCCOCCOCCOCCO. The Hall–Kier alpha value is -0.160. The van der Waals surface area contributed by atoms with Crippen LogP contribution in [0.25, 0.3) is 0 Å². The van der Waals surface area contributed by atoms with E-state index in [0.29, 0.717) is 33.0 Å². The zero-order chi connectivity index (χ0) is 14.9. The molecule has 0 aliphatic heterocycles. The predicted molar refractivity (Wildman–Crippen MR) is 82.1 cm³/mol. The highest BCUT2D eigenvalue weighted by Crippen LogP contribution is 2.10. The van der Waals surface area contributed by atoms with Gasteiger partial charge >= 0.3 is 0 Å². The van der Waals surface area contributed by atoms with E-state index >= 15 is 0 Å². The van der Waals surface area contributed by atoms with Crippen molar-refractivity contribution in [2.24, 2.45) is 5.92 Å². The van der Waals surface area contributed by atoms with E-state index in [2.05, 4.69) is 13.8 Å². The molecule has 0 amide bonds. The third kappa shape index (κ3) is 17.8. The summed E-state index contributed by atoms with van der Waals surface area (Å²) in [7, 11) is 0. The first-order valence-electron chi connectivity index (χ1n) is 8.11. The molecule has 0 aromatic heterocycles. The van der Waals surface area contributed by atoms with Crippen LogP contribution in [0.3, 0.4) is 0 Å². The van der Waals surface area contributed by atoms with Crippen molar-refractivity contribution in [2.45, 2.75) is 52.4 Å². The van der Waals surface area contributed by atoms with Gasteiger partial charge in [-0.25, -0.2) is 0 Å². The van der Waals surface area contributed by atoms with E-state index in [4.69, 9.17) is 19.3 Å². The number of hydrogen-bond acceptors (Lipinski definition) is 4. The molecule has 0 aliphatic carbocycles.